The number of aliphatic hydroxyl groups is 1. The monoisotopic (exact) mass is 355 g/mol. The first kappa shape index (κ1) is 18.4. The summed E-state index contributed by atoms with van der Waals surface area (Å²) in [5, 5.41) is 16.2. The molecule has 0 spiro atoms. The maximum atomic E-state index is 12.2. The average Bonchev–Trinajstić information content (AvgIpc) is 2.66. The Balaban J connectivity index is 1.58. The lowest BCUT2D eigenvalue weighted by Crippen LogP contribution is -2.38. The van der Waals surface area contributed by atoms with Gasteiger partial charge >= 0.3 is 0 Å². The molecule has 0 bridgehead atoms. The second-order valence-corrected chi connectivity index (χ2v) is 6.56. The second-order valence-electron chi connectivity index (χ2n) is 6.56. The number of nitrogens with one attached hydrogen (secondary N) is 2. The van der Waals surface area contributed by atoms with Gasteiger partial charge in [0.25, 0.3) is 5.91 Å². The van der Waals surface area contributed by atoms with Crippen molar-refractivity contribution < 1.29 is 14.6 Å². The lowest BCUT2D eigenvalue weighted by atomic mass is 9.96. The molecule has 0 saturated carbocycles. The number of aryl methyl sites for hydroxylation is 2. The first-order valence-corrected chi connectivity index (χ1v) is 8.87. The number of hydrogen-bond donors (Lipinski definition) is 3. The number of amides is 1. The zero-order chi connectivity index (χ0) is 18.5. The number of rotatable bonds is 6. The molecule has 1 aliphatic heterocycles. The molecule has 0 saturated heterocycles. The number of ether oxygens (including phenoxy) is 1. The van der Waals surface area contributed by atoms with Crippen molar-refractivity contribution in [1.82, 2.24) is 15.6 Å². The molecule has 6 heteroatoms. The number of carbonyl (C=O) groups is 1. The summed E-state index contributed by atoms with van der Waals surface area (Å²) < 4.78 is 5.55. The highest BCUT2D eigenvalue weighted by Crippen LogP contribution is 2.20. The average molecular weight is 355 g/mol. The molecule has 0 aliphatic carbocycles. The lowest BCUT2D eigenvalue weighted by Gasteiger charge is -2.22. The van der Waals surface area contributed by atoms with Crippen LogP contribution in [0.2, 0.25) is 0 Å². The number of carbonyl (C=O) groups excluding carboxylic acids is 1. The van der Waals surface area contributed by atoms with Crippen molar-refractivity contribution in [2.24, 2.45) is 0 Å². The molecule has 1 amide bonds. The summed E-state index contributed by atoms with van der Waals surface area (Å²) >= 11 is 0. The number of nitrogens with zero attached hydrogens (tertiary/aromatic N) is 1. The van der Waals surface area contributed by atoms with Crippen molar-refractivity contribution in [1.29, 1.82) is 0 Å². The Hall–Kier alpha value is -2.44. The number of hydrogen-bond acceptors (Lipinski definition) is 5. The van der Waals surface area contributed by atoms with E-state index in [1.54, 1.807) is 0 Å². The van der Waals surface area contributed by atoms with E-state index in [4.69, 9.17) is 4.74 Å². The van der Waals surface area contributed by atoms with Crippen molar-refractivity contribution in [3.05, 3.63) is 58.4 Å². The summed E-state index contributed by atoms with van der Waals surface area (Å²) in [7, 11) is 0. The SMILES string of the molecule is Cc1ccccc1OC[C@H](O)C(=O)NCc1c(C)ncc2c1CCNC2. The summed E-state index contributed by atoms with van der Waals surface area (Å²) in [6.07, 6.45) is 1.60. The normalized spacial score (nSPS) is 14.4. The predicted molar refractivity (Wildman–Crippen MR) is 98.9 cm³/mol. The molecule has 1 atom stereocenters. The number of aromatic nitrogens is 1. The van der Waals surface area contributed by atoms with Gasteiger partial charge in [-0.15, -0.1) is 0 Å². The minimum absolute atomic E-state index is 0.0786. The highest BCUT2D eigenvalue weighted by atomic mass is 16.5. The van der Waals surface area contributed by atoms with E-state index < -0.39 is 12.0 Å². The van der Waals surface area contributed by atoms with Crippen LogP contribution in [0.15, 0.2) is 30.5 Å². The Morgan fingerprint density at radius 1 is 1.38 bits per heavy atom. The van der Waals surface area contributed by atoms with Gasteiger partial charge in [-0.2, -0.15) is 0 Å². The van der Waals surface area contributed by atoms with Gasteiger partial charge in [0.2, 0.25) is 0 Å². The zero-order valence-corrected chi connectivity index (χ0v) is 15.2. The summed E-state index contributed by atoms with van der Waals surface area (Å²) in [6.45, 7) is 5.88. The maximum absolute atomic E-state index is 12.2. The van der Waals surface area contributed by atoms with E-state index in [9.17, 15) is 9.90 Å². The van der Waals surface area contributed by atoms with E-state index in [1.807, 2.05) is 44.3 Å². The Bertz CT molecular complexity index is 792. The van der Waals surface area contributed by atoms with Gasteiger partial charge in [0, 0.05) is 25.0 Å². The minimum Gasteiger partial charge on any atom is -0.490 e. The van der Waals surface area contributed by atoms with E-state index in [0.717, 1.165) is 36.3 Å². The van der Waals surface area contributed by atoms with Crippen LogP contribution in [-0.4, -0.2) is 35.3 Å². The fourth-order valence-electron chi connectivity index (χ4n) is 3.13. The van der Waals surface area contributed by atoms with Crippen LogP contribution in [0.1, 0.15) is 27.9 Å². The first-order valence-electron chi connectivity index (χ1n) is 8.87. The number of para-hydroxylation sites is 1. The van der Waals surface area contributed by atoms with Crippen LogP contribution >= 0.6 is 0 Å². The maximum Gasteiger partial charge on any atom is 0.252 e. The molecule has 0 fully saturated rings. The quantitative estimate of drug-likeness (QED) is 0.730. The van der Waals surface area contributed by atoms with E-state index in [-0.39, 0.29) is 6.61 Å². The molecule has 3 N–H and O–H groups in total. The Morgan fingerprint density at radius 2 is 2.19 bits per heavy atom. The van der Waals surface area contributed by atoms with Crippen molar-refractivity contribution in [3.63, 3.8) is 0 Å². The Labute approximate surface area is 153 Å². The standard InChI is InChI=1S/C20H25N3O3/c1-13-5-3-4-6-19(13)26-12-18(24)20(25)23-11-17-14(2)22-10-15-9-21-8-7-16(15)17/h3-6,10,18,21,24H,7-9,11-12H2,1-2H3,(H,23,25)/t18-/m0/s1. The van der Waals surface area contributed by atoms with Gasteiger partial charge < -0.3 is 20.5 Å². The van der Waals surface area contributed by atoms with Crippen molar-refractivity contribution in [3.8, 4) is 5.75 Å². The fourth-order valence-corrected chi connectivity index (χ4v) is 3.13. The molecule has 1 aliphatic rings. The van der Waals surface area contributed by atoms with Gasteiger partial charge in [-0.25, -0.2) is 0 Å². The van der Waals surface area contributed by atoms with E-state index in [2.05, 4.69) is 15.6 Å². The number of pyridine rings is 1. The van der Waals surface area contributed by atoms with E-state index >= 15 is 0 Å². The summed E-state index contributed by atoms with van der Waals surface area (Å²) in [5.74, 6) is 0.230. The molecule has 3 rings (SSSR count). The van der Waals surface area contributed by atoms with Crippen LogP contribution < -0.4 is 15.4 Å². The molecule has 0 unspecified atom stereocenters. The predicted octanol–water partition coefficient (Wildman–Crippen LogP) is 1.40. The van der Waals surface area contributed by atoms with E-state index in [1.165, 1.54) is 11.1 Å². The summed E-state index contributed by atoms with van der Waals surface area (Å²) in [4.78, 5) is 16.7. The van der Waals surface area contributed by atoms with Crippen LogP contribution in [0.25, 0.3) is 0 Å². The molecule has 26 heavy (non-hydrogen) atoms. The number of benzene rings is 1. The largest absolute Gasteiger partial charge is 0.490 e. The van der Waals surface area contributed by atoms with Gasteiger partial charge in [-0.3, -0.25) is 9.78 Å². The summed E-state index contributed by atoms with van der Waals surface area (Å²) in [6, 6.07) is 7.51. The fraction of sp³-hybridized carbons (Fsp3) is 0.400. The van der Waals surface area contributed by atoms with Crippen LogP contribution in [0.3, 0.4) is 0 Å². The highest BCUT2D eigenvalue weighted by Gasteiger charge is 2.19. The molecule has 2 aromatic rings. The molecule has 138 valence electrons. The Kier molecular flexibility index (Phi) is 5.85. The van der Waals surface area contributed by atoms with Crippen molar-refractivity contribution >= 4 is 5.91 Å². The number of aliphatic hydroxyl groups excluding tert-OH is 1. The van der Waals surface area contributed by atoms with Crippen LogP contribution in [0, 0.1) is 13.8 Å². The third kappa shape index (κ3) is 4.20. The van der Waals surface area contributed by atoms with Crippen molar-refractivity contribution in [2.45, 2.75) is 39.5 Å². The minimum atomic E-state index is -1.22. The number of fused-ring (bicyclic) bond motifs is 1. The van der Waals surface area contributed by atoms with Crippen LogP contribution in [-0.2, 0) is 24.3 Å². The molecule has 1 aromatic heterocycles. The third-order valence-electron chi connectivity index (χ3n) is 4.70. The molecular weight excluding hydrogens is 330 g/mol. The second kappa shape index (κ2) is 8.29. The first-order chi connectivity index (χ1) is 12.6. The van der Waals surface area contributed by atoms with Gasteiger partial charge in [-0.05, 0) is 55.1 Å². The third-order valence-corrected chi connectivity index (χ3v) is 4.70. The van der Waals surface area contributed by atoms with Gasteiger partial charge in [-0.1, -0.05) is 18.2 Å². The van der Waals surface area contributed by atoms with Gasteiger partial charge in [0.15, 0.2) is 6.10 Å². The summed E-state index contributed by atoms with van der Waals surface area (Å²) in [5.41, 5.74) is 5.35. The molecule has 0 radical (unpaired) electrons. The highest BCUT2D eigenvalue weighted by molar-refractivity contribution is 5.80. The zero-order valence-electron chi connectivity index (χ0n) is 15.2. The molecule has 6 nitrogen and oxygen atoms in total. The van der Waals surface area contributed by atoms with Crippen molar-refractivity contribution in [2.75, 3.05) is 13.2 Å². The molecule has 1 aromatic carbocycles. The molecule has 2 heterocycles. The van der Waals surface area contributed by atoms with Gasteiger partial charge in [0.05, 0.1) is 0 Å². The smallest absolute Gasteiger partial charge is 0.252 e. The van der Waals surface area contributed by atoms with Gasteiger partial charge in [0.1, 0.15) is 12.4 Å². The van der Waals surface area contributed by atoms with Crippen LogP contribution in [0.5, 0.6) is 5.75 Å². The lowest BCUT2D eigenvalue weighted by molar-refractivity contribution is -0.130. The molecular formula is C20H25N3O3. The van der Waals surface area contributed by atoms with Crippen LogP contribution in [0.4, 0.5) is 0 Å². The van der Waals surface area contributed by atoms with E-state index in [0.29, 0.717) is 12.3 Å². The topological polar surface area (TPSA) is 83.5 Å². The Morgan fingerprint density at radius 3 is 3.00 bits per heavy atom.